The lowest BCUT2D eigenvalue weighted by Gasteiger charge is -2.30. The number of hydrogen-bond donors (Lipinski definition) is 1. The highest BCUT2D eigenvalue weighted by atomic mass is 32.1. The van der Waals surface area contributed by atoms with Crippen molar-refractivity contribution in [3.05, 3.63) is 118 Å². The molecule has 0 unspecified atom stereocenters. The minimum Gasteiger partial charge on any atom is -0.477 e. The molecule has 0 amide bonds. The maximum Gasteiger partial charge on any atom is 0.346 e. The molecule has 0 bridgehead atoms. The summed E-state index contributed by atoms with van der Waals surface area (Å²) in [4.78, 5) is 15.7. The van der Waals surface area contributed by atoms with Crippen molar-refractivity contribution in [2.24, 2.45) is 0 Å². The van der Waals surface area contributed by atoms with Gasteiger partial charge in [-0.3, -0.25) is 0 Å². The van der Waals surface area contributed by atoms with Crippen molar-refractivity contribution >= 4 is 40.5 Å². The van der Waals surface area contributed by atoms with Gasteiger partial charge in [0.1, 0.15) is 11.6 Å². The molecule has 4 rings (SSSR count). The molecule has 0 aliphatic carbocycles. The van der Waals surface area contributed by atoms with Gasteiger partial charge < -0.3 is 10.0 Å². The maximum atomic E-state index is 11.5. The summed E-state index contributed by atoms with van der Waals surface area (Å²) < 4.78 is 0. The summed E-state index contributed by atoms with van der Waals surface area (Å²) in [5.41, 5.74) is 7.74. The van der Waals surface area contributed by atoms with E-state index >= 15 is 0 Å². The summed E-state index contributed by atoms with van der Waals surface area (Å²) in [6.45, 7) is 6.51. The molecule has 5 heteroatoms. The zero-order valence-electron chi connectivity index (χ0n) is 24.6. The van der Waals surface area contributed by atoms with E-state index in [2.05, 4.69) is 111 Å². The Hall–Kier alpha value is -4.40. The van der Waals surface area contributed by atoms with Gasteiger partial charge in [0.05, 0.1) is 0 Å². The highest BCUT2D eigenvalue weighted by Crippen LogP contribution is 2.39. The molecular weight excluding hydrogens is 536 g/mol. The first kappa shape index (κ1) is 30.6. The number of carboxylic acid groups (broad SMARTS) is 1. The van der Waals surface area contributed by atoms with Gasteiger partial charge in [-0.05, 0) is 78.8 Å². The van der Waals surface area contributed by atoms with Crippen molar-refractivity contribution in [3.8, 4) is 16.5 Å². The van der Waals surface area contributed by atoms with E-state index in [9.17, 15) is 15.2 Å². The Morgan fingerprint density at radius 2 is 1.67 bits per heavy atom. The lowest BCUT2D eigenvalue weighted by Crippen LogP contribution is -2.16. The molecule has 1 N–H and O–H groups in total. The fourth-order valence-electron chi connectivity index (χ4n) is 5.10. The number of carboxylic acids is 1. The molecule has 4 nitrogen and oxygen atoms in total. The van der Waals surface area contributed by atoms with E-state index < -0.39 is 5.97 Å². The van der Waals surface area contributed by atoms with Crippen LogP contribution in [0.3, 0.4) is 0 Å². The fraction of sp³-hybridized carbons (Fsp3) is 0.243. The summed E-state index contributed by atoms with van der Waals surface area (Å²) in [6, 6.07) is 31.5. The number of para-hydroxylation sites is 2. The largest absolute Gasteiger partial charge is 0.477 e. The van der Waals surface area contributed by atoms with E-state index in [1.165, 1.54) is 30.0 Å². The summed E-state index contributed by atoms with van der Waals surface area (Å²) in [6.07, 6.45) is 10.2. The van der Waals surface area contributed by atoms with Gasteiger partial charge in [-0.1, -0.05) is 99.8 Å². The van der Waals surface area contributed by atoms with Crippen LogP contribution in [0.15, 0.2) is 96.6 Å². The highest BCUT2D eigenvalue weighted by Gasteiger charge is 2.19. The second-order valence-corrected chi connectivity index (χ2v) is 11.4. The third kappa shape index (κ3) is 7.46. The average Bonchev–Trinajstić information content (AvgIpc) is 3.41. The van der Waals surface area contributed by atoms with E-state index in [4.69, 9.17) is 0 Å². The minimum atomic E-state index is -1.20. The Labute approximate surface area is 253 Å². The highest BCUT2D eigenvalue weighted by molar-refractivity contribution is 7.16. The smallest absolute Gasteiger partial charge is 0.346 e. The molecule has 0 saturated heterocycles. The van der Waals surface area contributed by atoms with E-state index in [0.717, 1.165) is 63.6 Å². The van der Waals surface area contributed by atoms with Crippen LogP contribution in [0.4, 0.5) is 11.4 Å². The SMILES string of the molecule is CC/C=C(\c1ccc(-c2sc(/C=C(\C#N)C(=O)O)cc2CCCCCC)cc1)N(c1ccccc1)c1ccccc1C. The number of thiophene rings is 1. The van der Waals surface area contributed by atoms with Crippen molar-refractivity contribution in [1.29, 1.82) is 5.26 Å². The van der Waals surface area contributed by atoms with Crippen LogP contribution in [0, 0.1) is 18.3 Å². The molecule has 3 aromatic carbocycles. The maximum absolute atomic E-state index is 11.5. The van der Waals surface area contributed by atoms with E-state index in [1.54, 1.807) is 11.3 Å². The van der Waals surface area contributed by atoms with Gasteiger partial charge in [-0.25, -0.2) is 4.79 Å². The first-order valence-electron chi connectivity index (χ1n) is 14.7. The lowest BCUT2D eigenvalue weighted by atomic mass is 10.0. The number of allylic oxidation sites excluding steroid dienone is 1. The number of nitrogens with zero attached hydrogens (tertiary/aromatic N) is 2. The lowest BCUT2D eigenvalue weighted by molar-refractivity contribution is -0.132. The molecule has 1 heterocycles. The molecule has 214 valence electrons. The Bertz CT molecular complexity index is 1590. The summed E-state index contributed by atoms with van der Waals surface area (Å²) in [5, 5.41) is 18.7. The first-order valence-corrected chi connectivity index (χ1v) is 15.5. The van der Waals surface area contributed by atoms with Crippen molar-refractivity contribution in [2.75, 3.05) is 4.90 Å². The molecule has 42 heavy (non-hydrogen) atoms. The number of nitriles is 1. The van der Waals surface area contributed by atoms with Crippen LogP contribution >= 0.6 is 11.3 Å². The molecule has 0 aliphatic rings. The molecule has 1 aromatic heterocycles. The topological polar surface area (TPSA) is 64.3 Å². The number of hydrogen-bond acceptors (Lipinski definition) is 4. The summed E-state index contributed by atoms with van der Waals surface area (Å²) >= 11 is 1.55. The molecule has 0 spiro atoms. The van der Waals surface area contributed by atoms with E-state index in [1.807, 2.05) is 12.1 Å². The van der Waals surface area contributed by atoms with Crippen LogP contribution in [0.2, 0.25) is 0 Å². The van der Waals surface area contributed by atoms with Gasteiger partial charge in [0.15, 0.2) is 0 Å². The van der Waals surface area contributed by atoms with Gasteiger partial charge in [-0.2, -0.15) is 5.26 Å². The molecule has 0 radical (unpaired) electrons. The van der Waals surface area contributed by atoms with Gasteiger partial charge in [0, 0.05) is 26.8 Å². The number of rotatable bonds is 13. The molecule has 0 saturated carbocycles. The number of aliphatic carboxylic acids is 1. The van der Waals surface area contributed by atoms with Crippen LogP contribution in [-0.4, -0.2) is 11.1 Å². The third-order valence-corrected chi connectivity index (χ3v) is 8.39. The molecule has 4 aromatic rings. The molecule has 0 atom stereocenters. The zero-order valence-corrected chi connectivity index (χ0v) is 25.5. The molecule has 0 fully saturated rings. The number of unbranched alkanes of at least 4 members (excludes halogenated alkanes) is 3. The first-order chi connectivity index (χ1) is 20.5. The third-order valence-electron chi connectivity index (χ3n) is 7.22. The van der Waals surface area contributed by atoms with Gasteiger partial charge in [-0.15, -0.1) is 11.3 Å². The second-order valence-electron chi connectivity index (χ2n) is 10.3. The fourth-order valence-corrected chi connectivity index (χ4v) is 6.26. The minimum absolute atomic E-state index is 0.248. The quantitative estimate of drug-likeness (QED) is 0.0980. The number of benzene rings is 3. The summed E-state index contributed by atoms with van der Waals surface area (Å²) in [5.74, 6) is -1.20. The predicted octanol–water partition coefficient (Wildman–Crippen LogP) is 10.4. The van der Waals surface area contributed by atoms with Crippen LogP contribution in [0.5, 0.6) is 0 Å². The van der Waals surface area contributed by atoms with Gasteiger partial charge in [0.25, 0.3) is 0 Å². The van der Waals surface area contributed by atoms with Crippen LogP contribution in [0.25, 0.3) is 22.2 Å². The molecular formula is C37H38N2O2S. The van der Waals surface area contributed by atoms with Gasteiger partial charge in [0.2, 0.25) is 0 Å². The number of anilines is 2. The average molecular weight is 575 g/mol. The Balaban J connectivity index is 1.75. The number of carbonyl (C=O) groups is 1. The predicted molar refractivity (Wildman–Crippen MR) is 177 cm³/mol. The normalized spacial score (nSPS) is 11.8. The molecule has 0 aliphatic heterocycles. The Morgan fingerprint density at radius 3 is 2.31 bits per heavy atom. The van der Waals surface area contributed by atoms with E-state index in [0.29, 0.717) is 0 Å². The van der Waals surface area contributed by atoms with E-state index in [-0.39, 0.29) is 5.57 Å². The van der Waals surface area contributed by atoms with Crippen molar-refractivity contribution in [2.45, 2.75) is 59.3 Å². The number of aryl methyl sites for hydroxylation is 2. The summed E-state index contributed by atoms with van der Waals surface area (Å²) in [7, 11) is 0. The van der Waals surface area contributed by atoms with Crippen molar-refractivity contribution in [1.82, 2.24) is 0 Å². The van der Waals surface area contributed by atoms with Crippen LogP contribution < -0.4 is 4.90 Å². The van der Waals surface area contributed by atoms with Crippen LogP contribution in [0.1, 0.15) is 67.5 Å². The Morgan fingerprint density at radius 1 is 0.952 bits per heavy atom. The van der Waals surface area contributed by atoms with Crippen molar-refractivity contribution in [3.63, 3.8) is 0 Å². The Kier molecular flexibility index (Phi) is 10.9. The second kappa shape index (κ2) is 15.0. The zero-order chi connectivity index (χ0) is 29.9. The standard InChI is InChI=1S/C37H38N2O2S/c1-4-6-7-9-16-30-24-33(25-31(26-38)37(40)41)42-36(30)29-22-20-28(21-23-29)35(14-5-2)39(32-17-10-8-11-18-32)34-19-13-12-15-27(34)3/h8,10-15,17-25H,4-7,9,16H2,1-3H3,(H,40,41)/b31-25+,35-14+. The van der Waals surface area contributed by atoms with Crippen molar-refractivity contribution < 1.29 is 9.90 Å². The van der Waals surface area contributed by atoms with Crippen LogP contribution in [-0.2, 0) is 11.2 Å². The monoisotopic (exact) mass is 574 g/mol. The van der Waals surface area contributed by atoms with Gasteiger partial charge >= 0.3 is 5.97 Å².